The number of carbonyl (C=O) groups is 1. The van der Waals surface area contributed by atoms with Crippen molar-refractivity contribution in [2.45, 2.75) is 25.6 Å². The van der Waals surface area contributed by atoms with Crippen molar-refractivity contribution < 1.29 is 27.1 Å². The maximum atomic E-state index is 14.0. The Morgan fingerprint density at radius 3 is 2.63 bits per heavy atom. The van der Waals surface area contributed by atoms with E-state index in [9.17, 15) is 22.4 Å². The van der Waals surface area contributed by atoms with Crippen LogP contribution in [-0.4, -0.2) is 39.2 Å². The van der Waals surface area contributed by atoms with Gasteiger partial charge in [-0.3, -0.25) is 0 Å². The molecule has 3 heterocycles. The monoisotopic (exact) mass is 527 g/mol. The zero-order chi connectivity index (χ0) is 27.0. The molecule has 0 saturated heterocycles. The highest BCUT2D eigenvalue weighted by atomic mass is 19.4. The summed E-state index contributed by atoms with van der Waals surface area (Å²) >= 11 is 0. The lowest BCUT2D eigenvalue weighted by molar-refractivity contribution is -0.137. The Hall–Kier alpha value is -4.68. The van der Waals surface area contributed by atoms with Crippen molar-refractivity contribution in [1.82, 2.24) is 14.6 Å². The molecule has 196 valence electrons. The number of anilines is 3. The molecule has 9 nitrogen and oxygen atoms in total. The predicted molar refractivity (Wildman–Crippen MR) is 133 cm³/mol. The molecule has 5 rings (SSSR count). The van der Waals surface area contributed by atoms with Crippen LogP contribution in [0, 0.1) is 5.82 Å². The van der Waals surface area contributed by atoms with Crippen LogP contribution in [0.5, 0.6) is 0 Å². The average molecular weight is 527 g/mol. The van der Waals surface area contributed by atoms with E-state index in [-0.39, 0.29) is 11.9 Å². The summed E-state index contributed by atoms with van der Waals surface area (Å²) in [5.41, 5.74) is 7.39. The third kappa shape index (κ3) is 4.82. The molecule has 1 atom stereocenters. The molecule has 0 radical (unpaired) electrons. The van der Waals surface area contributed by atoms with Crippen LogP contribution in [0.4, 0.5) is 39.5 Å². The van der Waals surface area contributed by atoms with E-state index < -0.39 is 29.3 Å². The van der Waals surface area contributed by atoms with E-state index in [0.29, 0.717) is 58.6 Å². The van der Waals surface area contributed by atoms with Gasteiger partial charge >= 0.3 is 12.2 Å². The lowest BCUT2D eigenvalue weighted by atomic mass is 10.0. The zero-order valence-corrected chi connectivity index (χ0v) is 19.9. The van der Waals surface area contributed by atoms with Gasteiger partial charge in [0.25, 0.3) is 0 Å². The van der Waals surface area contributed by atoms with Crippen LogP contribution in [0.15, 0.2) is 60.0 Å². The standard InChI is InChI=1S/C25H21F4N7O2/c1-2-15-11-38-23(33-15)17-10-36-21(22(30)31-12-32-36)20(17)13-3-6-16(7-4-13)34-24(37)35-19-9-14(25(27,28)29)5-8-18(19)26/h3-10,12,15H,2,11H2,1H3,(H2,30,31,32)(H2,34,35,37). The molecule has 0 bridgehead atoms. The SMILES string of the molecule is CCC1COC(c2cn3ncnc(N)c3c2-c2ccc(NC(=O)Nc3cc(C(F)(F)F)ccc3F)cc2)=N1. The summed E-state index contributed by atoms with van der Waals surface area (Å²) in [5, 5.41) is 8.82. The number of aromatic nitrogens is 3. The van der Waals surface area contributed by atoms with Crippen LogP contribution in [0.25, 0.3) is 16.6 Å². The minimum atomic E-state index is -4.68. The quantitative estimate of drug-likeness (QED) is 0.303. The van der Waals surface area contributed by atoms with E-state index in [1.165, 1.54) is 6.33 Å². The number of urea groups is 1. The molecule has 4 aromatic rings. The van der Waals surface area contributed by atoms with Crippen LogP contribution >= 0.6 is 0 Å². The second-order valence-electron chi connectivity index (χ2n) is 8.51. The highest BCUT2D eigenvalue weighted by Gasteiger charge is 2.31. The van der Waals surface area contributed by atoms with Crippen molar-refractivity contribution >= 4 is 34.6 Å². The van der Waals surface area contributed by atoms with Crippen LogP contribution in [-0.2, 0) is 10.9 Å². The Kier molecular flexibility index (Phi) is 6.35. The molecular formula is C25H21F4N7O2. The molecule has 13 heteroatoms. The molecule has 2 aromatic carbocycles. The fraction of sp³-hybridized carbons (Fsp3) is 0.200. The van der Waals surface area contributed by atoms with E-state index in [4.69, 9.17) is 10.5 Å². The summed E-state index contributed by atoms with van der Waals surface area (Å²) in [7, 11) is 0. The number of alkyl halides is 3. The van der Waals surface area contributed by atoms with Crippen LogP contribution in [0.2, 0.25) is 0 Å². The number of rotatable bonds is 5. The van der Waals surface area contributed by atoms with Gasteiger partial charge in [-0.2, -0.15) is 18.3 Å². The first-order valence-electron chi connectivity index (χ1n) is 11.5. The van der Waals surface area contributed by atoms with Gasteiger partial charge in [-0.25, -0.2) is 23.7 Å². The van der Waals surface area contributed by atoms with Crippen molar-refractivity contribution in [2.75, 3.05) is 23.0 Å². The Labute approximate surface area is 213 Å². The topological polar surface area (TPSA) is 119 Å². The van der Waals surface area contributed by atoms with Crippen molar-refractivity contribution in [3.05, 3.63) is 71.9 Å². The molecule has 4 N–H and O–H groups in total. The summed E-state index contributed by atoms with van der Waals surface area (Å²) in [4.78, 5) is 21.1. The van der Waals surface area contributed by atoms with Gasteiger partial charge in [0, 0.05) is 17.4 Å². The highest BCUT2D eigenvalue weighted by molar-refractivity contribution is 6.07. The molecule has 2 amide bonds. The smallest absolute Gasteiger partial charge is 0.416 e. The highest BCUT2D eigenvalue weighted by Crippen LogP contribution is 2.35. The fourth-order valence-corrected chi connectivity index (χ4v) is 4.06. The summed E-state index contributed by atoms with van der Waals surface area (Å²) in [6, 6.07) is 7.47. The minimum absolute atomic E-state index is 0.0380. The lowest BCUT2D eigenvalue weighted by Crippen LogP contribution is -2.20. The van der Waals surface area contributed by atoms with E-state index in [1.807, 2.05) is 6.92 Å². The maximum absolute atomic E-state index is 14.0. The third-order valence-corrected chi connectivity index (χ3v) is 5.99. The Morgan fingerprint density at radius 1 is 1.18 bits per heavy atom. The van der Waals surface area contributed by atoms with Crippen molar-refractivity contribution in [1.29, 1.82) is 0 Å². The number of nitrogens with zero attached hydrogens (tertiary/aromatic N) is 4. The molecule has 0 aliphatic carbocycles. The normalized spacial score (nSPS) is 15.3. The van der Waals surface area contributed by atoms with E-state index in [0.717, 1.165) is 6.42 Å². The number of hydrogen-bond donors (Lipinski definition) is 3. The molecule has 0 saturated carbocycles. The van der Waals surface area contributed by atoms with E-state index >= 15 is 0 Å². The van der Waals surface area contributed by atoms with Gasteiger partial charge in [-0.1, -0.05) is 19.1 Å². The molecule has 0 fully saturated rings. The molecule has 1 aliphatic rings. The third-order valence-electron chi connectivity index (χ3n) is 5.99. The molecule has 38 heavy (non-hydrogen) atoms. The van der Waals surface area contributed by atoms with Gasteiger partial charge in [-0.05, 0) is 42.3 Å². The van der Waals surface area contributed by atoms with Gasteiger partial charge in [0.1, 0.15) is 24.3 Å². The van der Waals surface area contributed by atoms with Gasteiger partial charge in [0.05, 0.1) is 22.9 Å². The lowest BCUT2D eigenvalue weighted by Gasteiger charge is -2.12. The number of amides is 2. The largest absolute Gasteiger partial charge is 0.475 e. The van der Waals surface area contributed by atoms with Crippen LogP contribution in [0.1, 0.15) is 24.5 Å². The number of carbonyl (C=O) groups excluding carboxylic acids is 1. The van der Waals surface area contributed by atoms with Gasteiger partial charge < -0.3 is 21.1 Å². The van der Waals surface area contributed by atoms with E-state index in [1.54, 1.807) is 35.0 Å². The van der Waals surface area contributed by atoms with Crippen LogP contribution in [0.3, 0.4) is 0 Å². The molecule has 1 unspecified atom stereocenters. The first kappa shape index (κ1) is 25.0. The number of fused-ring (bicyclic) bond motifs is 1. The van der Waals surface area contributed by atoms with Gasteiger partial charge in [0.2, 0.25) is 5.90 Å². The van der Waals surface area contributed by atoms with Crippen molar-refractivity contribution in [3.8, 4) is 11.1 Å². The molecule has 2 aromatic heterocycles. The van der Waals surface area contributed by atoms with Crippen LogP contribution < -0.4 is 16.4 Å². The number of nitrogen functional groups attached to an aromatic ring is 1. The second-order valence-corrected chi connectivity index (χ2v) is 8.51. The number of benzene rings is 2. The second kappa shape index (κ2) is 9.65. The minimum Gasteiger partial charge on any atom is -0.475 e. The number of ether oxygens (including phenoxy) is 1. The Balaban J connectivity index is 1.41. The first-order chi connectivity index (χ1) is 18.1. The summed E-state index contributed by atoms with van der Waals surface area (Å²) in [5.74, 6) is -0.295. The average Bonchev–Trinajstić information content (AvgIpc) is 3.51. The summed E-state index contributed by atoms with van der Waals surface area (Å²) in [6.07, 6.45) is -0.774. The van der Waals surface area contributed by atoms with Crippen molar-refractivity contribution in [3.63, 3.8) is 0 Å². The van der Waals surface area contributed by atoms with Gasteiger partial charge in [-0.15, -0.1) is 0 Å². The van der Waals surface area contributed by atoms with Gasteiger partial charge in [0.15, 0.2) is 5.82 Å². The Bertz CT molecular complexity index is 1550. The summed E-state index contributed by atoms with van der Waals surface area (Å²) in [6.45, 7) is 2.48. The first-order valence-corrected chi connectivity index (χ1v) is 11.5. The predicted octanol–water partition coefficient (Wildman–Crippen LogP) is 5.34. The fourth-order valence-electron chi connectivity index (χ4n) is 4.06. The molecular weight excluding hydrogens is 506 g/mol. The molecule has 1 aliphatic heterocycles. The number of nitrogens with one attached hydrogen (secondary N) is 2. The number of hydrogen-bond acceptors (Lipinski definition) is 6. The Morgan fingerprint density at radius 2 is 1.95 bits per heavy atom. The summed E-state index contributed by atoms with van der Waals surface area (Å²) < 4.78 is 60.2. The number of nitrogens with two attached hydrogens (primary N) is 1. The number of halogens is 4. The molecule has 0 spiro atoms. The van der Waals surface area contributed by atoms with Crippen molar-refractivity contribution in [2.24, 2.45) is 4.99 Å². The zero-order valence-electron chi connectivity index (χ0n) is 19.9. The number of aliphatic imine (C=N–C) groups is 1. The maximum Gasteiger partial charge on any atom is 0.416 e. The van der Waals surface area contributed by atoms with E-state index in [2.05, 4.69) is 25.7 Å².